The van der Waals surface area contributed by atoms with Crippen LogP contribution in [0.1, 0.15) is 15.9 Å². The van der Waals surface area contributed by atoms with Crippen molar-refractivity contribution in [2.24, 2.45) is 0 Å². The Balaban J connectivity index is 1.79. The summed E-state index contributed by atoms with van der Waals surface area (Å²) in [5.41, 5.74) is 2.09. The van der Waals surface area contributed by atoms with Gasteiger partial charge in [0.15, 0.2) is 0 Å². The van der Waals surface area contributed by atoms with E-state index in [0.717, 1.165) is 12.0 Å². The van der Waals surface area contributed by atoms with Crippen molar-refractivity contribution in [3.63, 3.8) is 0 Å². The molecule has 0 saturated carbocycles. The lowest BCUT2D eigenvalue weighted by atomic mass is 10.1. The zero-order valence-corrected chi connectivity index (χ0v) is 15.8. The van der Waals surface area contributed by atoms with Gasteiger partial charge >= 0.3 is 5.97 Å². The van der Waals surface area contributed by atoms with Gasteiger partial charge in [-0.25, -0.2) is 4.79 Å². The standard InChI is InChI=1S/C21H17Cl2NO3/c22-16-10-11-18(27-13-12-14-6-2-1-3-7-14)19(23)20(16)24-17-9-5-4-8-15(17)21(25)26/h1-11,24H,12-13H2,(H,25,26). The van der Waals surface area contributed by atoms with Crippen molar-refractivity contribution in [2.75, 3.05) is 11.9 Å². The fourth-order valence-corrected chi connectivity index (χ4v) is 3.12. The summed E-state index contributed by atoms with van der Waals surface area (Å²) >= 11 is 12.7. The normalized spacial score (nSPS) is 10.4. The predicted molar refractivity (Wildman–Crippen MR) is 109 cm³/mol. The van der Waals surface area contributed by atoms with Crippen molar-refractivity contribution >= 4 is 40.5 Å². The minimum absolute atomic E-state index is 0.125. The highest BCUT2D eigenvalue weighted by Gasteiger charge is 2.15. The number of rotatable bonds is 7. The van der Waals surface area contributed by atoms with Crippen LogP contribution in [-0.2, 0) is 6.42 Å². The number of para-hydroxylation sites is 1. The number of nitrogens with one attached hydrogen (secondary N) is 1. The van der Waals surface area contributed by atoms with Crippen molar-refractivity contribution in [3.8, 4) is 5.75 Å². The summed E-state index contributed by atoms with van der Waals surface area (Å²) in [6, 6.07) is 19.9. The number of hydrogen-bond donors (Lipinski definition) is 2. The summed E-state index contributed by atoms with van der Waals surface area (Å²) in [7, 11) is 0. The molecule has 0 amide bonds. The highest BCUT2D eigenvalue weighted by Crippen LogP contribution is 2.40. The number of anilines is 2. The molecule has 0 spiro atoms. The van der Waals surface area contributed by atoms with Gasteiger partial charge in [-0.2, -0.15) is 0 Å². The molecule has 138 valence electrons. The second-order valence-electron chi connectivity index (χ2n) is 5.79. The first-order valence-electron chi connectivity index (χ1n) is 8.30. The lowest BCUT2D eigenvalue weighted by molar-refractivity contribution is 0.0698. The number of carboxylic acid groups (broad SMARTS) is 1. The Morgan fingerprint density at radius 2 is 1.67 bits per heavy atom. The largest absolute Gasteiger partial charge is 0.492 e. The zero-order valence-electron chi connectivity index (χ0n) is 14.3. The maximum Gasteiger partial charge on any atom is 0.337 e. The summed E-state index contributed by atoms with van der Waals surface area (Å²) in [5.74, 6) is -0.562. The van der Waals surface area contributed by atoms with Crippen LogP contribution in [0.5, 0.6) is 5.75 Å². The van der Waals surface area contributed by atoms with Gasteiger partial charge < -0.3 is 15.2 Å². The number of halogens is 2. The zero-order chi connectivity index (χ0) is 19.2. The van der Waals surface area contributed by atoms with Crippen LogP contribution < -0.4 is 10.1 Å². The van der Waals surface area contributed by atoms with Crippen LogP contribution in [-0.4, -0.2) is 17.7 Å². The van der Waals surface area contributed by atoms with E-state index in [1.54, 1.807) is 30.3 Å². The van der Waals surface area contributed by atoms with Crippen LogP contribution >= 0.6 is 23.2 Å². The second-order valence-corrected chi connectivity index (χ2v) is 6.58. The summed E-state index contributed by atoms with van der Waals surface area (Å²) in [6.07, 6.45) is 0.740. The number of benzene rings is 3. The van der Waals surface area contributed by atoms with Crippen molar-refractivity contribution in [1.29, 1.82) is 0 Å². The van der Waals surface area contributed by atoms with Crippen LogP contribution in [0.4, 0.5) is 11.4 Å². The minimum atomic E-state index is -1.04. The molecule has 3 aromatic carbocycles. The number of carbonyl (C=O) groups is 1. The molecule has 0 heterocycles. The third-order valence-electron chi connectivity index (χ3n) is 3.96. The van der Waals surface area contributed by atoms with E-state index >= 15 is 0 Å². The number of aromatic carboxylic acids is 1. The third-order valence-corrected chi connectivity index (χ3v) is 4.65. The van der Waals surface area contributed by atoms with E-state index in [2.05, 4.69) is 5.32 Å². The van der Waals surface area contributed by atoms with Gasteiger partial charge in [0.25, 0.3) is 0 Å². The Labute approximate surface area is 167 Å². The van der Waals surface area contributed by atoms with E-state index in [9.17, 15) is 9.90 Å². The Kier molecular flexibility index (Phi) is 6.22. The summed E-state index contributed by atoms with van der Waals surface area (Å²) in [4.78, 5) is 11.4. The predicted octanol–water partition coefficient (Wildman–Crippen LogP) is 6.06. The Morgan fingerprint density at radius 1 is 0.963 bits per heavy atom. The maximum absolute atomic E-state index is 11.4. The molecule has 0 aromatic heterocycles. The van der Waals surface area contributed by atoms with Crippen molar-refractivity contribution in [3.05, 3.63) is 87.9 Å². The van der Waals surface area contributed by atoms with Gasteiger partial charge in [0.1, 0.15) is 10.8 Å². The van der Waals surface area contributed by atoms with Crippen LogP contribution in [0.15, 0.2) is 66.7 Å². The average molecular weight is 402 g/mol. The first kappa shape index (κ1) is 19.1. The van der Waals surface area contributed by atoms with Crippen LogP contribution in [0.3, 0.4) is 0 Å². The average Bonchev–Trinajstić information content (AvgIpc) is 2.68. The highest BCUT2D eigenvalue weighted by molar-refractivity contribution is 6.40. The van der Waals surface area contributed by atoms with E-state index in [1.165, 1.54) is 6.07 Å². The van der Waals surface area contributed by atoms with Gasteiger partial charge in [-0.05, 0) is 29.8 Å². The van der Waals surface area contributed by atoms with Gasteiger partial charge in [0, 0.05) is 6.42 Å². The van der Waals surface area contributed by atoms with Gasteiger partial charge in [0.05, 0.1) is 28.6 Å². The van der Waals surface area contributed by atoms with Crippen LogP contribution in [0.2, 0.25) is 10.0 Å². The van der Waals surface area contributed by atoms with E-state index in [4.69, 9.17) is 27.9 Å². The highest BCUT2D eigenvalue weighted by atomic mass is 35.5. The fourth-order valence-electron chi connectivity index (χ4n) is 2.60. The minimum Gasteiger partial charge on any atom is -0.492 e. The van der Waals surface area contributed by atoms with Crippen molar-refractivity contribution < 1.29 is 14.6 Å². The van der Waals surface area contributed by atoms with Gasteiger partial charge in [0.2, 0.25) is 0 Å². The van der Waals surface area contributed by atoms with Gasteiger partial charge in [-0.3, -0.25) is 0 Å². The quantitative estimate of drug-likeness (QED) is 0.505. The van der Waals surface area contributed by atoms with Crippen LogP contribution in [0.25, 0.3) is 0 Å². The molecule has 0 unspecified atom stereocenters. The lowest BCUT2D eigenvalue weighted by Crippen LogP contribution is -2.05. The molecule has 6 heteroatoms. The monoisotopic (exact) mass is 401 g/mol. The molecule has 0 radical (unpaired) electrons. The van der Waals surface area contributed by atoms with Crippen molar-refractivity contribution in [1.82, 2.24) is 0 Å². The van der Waals surface area contributed by atoms with E-state index in [1.807, 2.05) is 30.3 Å². The lowest BCUT2D eigenvalue weighted by Gasteiger charge is -2.16. The topological polar surface area (TPSA) is 58.6 Å². The van der Waals surface area contributed by atoms with Gasteiger partial charge in [-0.1, -0.05) is 65.7 Å². The molecule has 0 fully saturated rings. The molecule has 0 aliphatic rings. The first-order valence-corrected chi connectivity index (χ1v) is 9.06. The molecule has 3 aromatic rings. The summed E-state index contributed by atoms with van der Waals surface area (Å²) in [5, 5.41) is 13.0. The Bertz CT molecular complexity index is 945. The molecule has 4 nitrogen and oxygen atoms in total. The van der Waals surface area contributed by atoms with E-state index in [-0.39, 0.29) is 5.56 Å². The van der Waals surface area contributed by atoms with Gasteiger partial charge in [-0.15, -0.1) is 0 Å². The molecule has 0 atom stereocenters. The Morgan fingerprint density at radius 3 is 2.41 bits per heavy atom. The number of ether oxygens (including phenoxy) is 1. The summed E-state index contributed by atoms with van der Waals surface area (Å²) < 4.78 is 5.80. The second kappa shape index (κ2) is 8.80. The summed E-state index contributed by atoms with van der Waals surface area (Å²) in [6.45, 7) is 0.455. The molecule has 27 heavy (non-hydrogen) atoms. The fraction of sp³-hybridized carbons (Fsp3) is 0.0952. The molecule has 0 bridgehead atoms. The molecule has 2 N–H and O–H groups in total. The number of carboxylic acids is 1. The molecular formula is C21H17Cl2NO3. The first-order chi connectivity index (χ1) is 13.1. The SMILES string of the molecule is O=C(O)c1ccccc1Nc1c(Cl)ccc(OCCc2ccccc2)c1Cl. The smallest absolute Gasteiger partial charge is 0.337 e. The Hall–Kier alpha value is -2.69. The molecular weight excluding hydrogens is 385 g/mol. The maximum atomic E-state index is 11.4. The molecule has 0 aliphatic heterocycles. The van der Waals surface area contributed by atoms with Crippen LogP contribution in [0, 0.1) is 0 Å². The number of hydrogen-bond acceptors (Lipinski definition) is 3. The molecule has 0 aliphatic carbocycles. The molecule has 3 rings (SSSR count). The third kappa shape index (κ3) is 4.73. The van der Waals surface area contributed by atoms with Crippen molar-refractivity contribution in [2.45, 2.75) is 6.42 Å². The van der Waals surface area contributed by atoms with E-state index < -0.39 is 5.97 Å². The molecule has 0 saturated heterocycles. The van der Waals surface area contributed by atoms with E-state index in [0.29, 0.717) is 33.8 Å².